The highest BCUT2D eigenvalue weighted by molar-refractivity contribution is 9.10. The molecule has 2 aromatic carbocycles. The Balaban J connectivity index is 1.47. The second-order valence-corrected chi connectivity index (χ2v) is 9.90. The lowest BCUT2D eigenvalue weighted by Gasteiger charge is -2.41. The molecule has 1 atom stereocenters. The number of ether oxygens (including phenoxy) is 2. The zero-order valence-electron chi connectivity index (χ0n) is 16.7. The van der Waals surface area contributed by atoms with Crippen molar-refractivity contribution in [3.8, 4) is 11.5 Å². The molecule has 1 aromatic heterocycles. The normalized spacial score (nSPS) is 18.0. The Morgan fingerprint density at radius 1 is 1.03 bits per heavy atom. The fourth-order valence-electron chi connectivity index (χ4n) is 4.72. The second kappa shape index (κ2) is 7.78. The van der Waals surface area contributed by atoms with Crippen molar-refractivity contribution >= 4 is 27.3 Å². The number of methoxy groups -OCH3 is 2. The van der Waals surface area contributed by atoms with E-state index in [-0.39, 0.29) is 0 Å². The third-order valence-electron chi connectivity index (χ3n) is 6.15. The SMILES string of the molecule is COc1ccc(OC)c2c1CC1c3cc(Cc4ccc(Br)cc4)sc3CCN1C2. The van der Waals surface area contributed by atoms with Crippen LogP contribution in [0.25, 0.3) is 0 Å². The van der Waals surface area contributed by atoms with Crippen LogP contribution in [0.2, 0.25) is 0 Å². The van der Waals surface area contributed by atoms with Crippen molar-refractivity contribution in [1.29, 1.82) is 0 Å². The van der Waals surface area contributed by atoms with Crippen LogP contribution in [0.3, 0.4) is 0 Å². The molecule has 0 N–H and O–H groups in total. The molecule has 0 amide bonds. The molecule has 0 radical (unpaired) electrons. The van der Waals surface area contributed by atoms with E-state index < -0.39 is 0 Å². The Kier molecular flexibility index (Phi) is 5.14. The molecule has 2 aliphatic heterocycles. The summed E-state index contributed by atoms with van der Waals surface area (Å²) in [4.78, 5) is 5.63. The molecule has 5 heteroatoms. The highest BCUT2D eigenvalue weighted by Gasteiger charge is 2.35. The summed E-state index contributed by atoms with van der Waals surface area (Å²) in [6.07, 6.45) is 3.13. The van der Waals surface area contributed by atoms with Crippen LogP contribution < -0.4 is 9.47 Å². The molecular formula is C24H24BrNO2S. The lowest BCUT2D eigenvalue weighted by Crippen LogP contribution is -2.39. The van der Waals surface area contributed by atoms with Crippen molar-refractivity contribution in [2.75, 3.05) is 20.8 Å². The Hall–Kier alpha value is -1.82. The van der Waals surface area contributed by atoms with Gasteiger partial charge in [-0.3, -0.25) is 4.90 Å². The monoisotopic (exact) mass is 469 g/mol. The van der Waals surface area contributed by atoms with E-state index in [2.05, 4.69) is 51.2 Å². The molecule has 0 aliphatic carbocycles. The van der Waals surface area contributed by atoms with Crippen LogP contribution in [-0.4, -0.2) is 25.7 Å². The Morgan fingerprint density at radius 3 is 2.48 bits per heavy atom. The molecule has 3 aromatic rings. The van der Waals surface area contributed by atoms with E-state index >= 15 is 0 Å². The first-order valence-electron chi connectivity index (χ1n) is 9.99. The molecule has 150 valence electrons. The van der Waals surface area contributed by atoms with Crippen molar-refractivity contribution in [3.05, 3.63) is 78.9 Å². The van der Waals surface area contributed by atoms with Crippen molar-refractivity contribution in [2.24, 2.45) is 0 Å². The second-order valence-electron chi connectivity index (χ2n) is 7.76. The number of halogens is 1. The molecule has 0 spiro atoms. The van der Waals surface area contributed by atoms with Gasteiger partial charge in [-0.15, -0.1) is 11.3 Å². The zero-order valence-corrected chi connectivity index (χ0v) is 19.1. The van der Waals surface area contributed by atoms with E-state index in [1.54, 1.807) is 19.1 Å². The molecule has 3 nitrogen and oxygen atoms in total. The molecule has 0 fully saturated rings. The summed E-state index contributed by atoms with van der Waals surface area (Å²) in [5.74, 6) is 1.96. The molecule has 0 bridgehead atoms. The molecule has 29 heavy (non-hydrogen) atoms. The summed E-state index contributed by atoms with van der Waals surface area (Å²) in [7, 11) is 3.53. The van der Waals surface area contributed by atoms with Gasteiger partial charge in [0.15, 0.2) is 0 Å². The number of thiophene rings is 1. The van der Waals surface area contributed by atoms with Crippen molar-refractivity contribution in [1.82, 2.24) is 4.90 Å². The molecule has 0 saturated carbocycles. The Labute approximate surface area is 184 Å². The molecule has 1 unspecified atom stereocenters. The third-order valence-corrected chi connectivity index (χ3v) is 7.89. The number of hydrogen-bond acceptors (Lipinski definition) is 4. The van der Waals surface area contributed by atoms with Crippen LogP contribution in [0.5, 0.6) is 11.5 Å². The van der Waals surface area contributed by atoms with Gasteiger partial charge in [0.25, 0.3) is 0 Å². The van der Waals surface area contributed by atoms with Gasteiger partial charge in [0.2, 0.25) is 0 Å². The fourth-order valence-corrected chi connectivity index (χ4v) is 6.23. The van der Waals surface area contributed by atoms with Gasteiger partial charge in [-0.05, 0) is 54.3 Å². The van der Waals surface area contributed by atoms with Crippen LogP contribution in [0, 0.1) is 0 Å². The van der Waals surface area contributed by atoms with E-state index in [4.69, 9.17) is 9.47 Å². The molecular weight excluding hydrogens is 446 g/mol. The minimum atomic E-state index is 0.433. The smallest absolute Gasteiger partial charge is 0.123 e. The number of rotatable bonds is 4. The van der Waals surface area contributed by atoms with Crippen LogP contribution in [0.15, 0.2) is 46.9 Å². The largest absolute Gasteiger partial charge is 0.496 e. The molecule has 0 saturated heterocycles. The summed E-state index contributed by atoms with van der Waals surface area (Å²) in [6.45, 7) is 2.04. The third kappa shape index (κ3) is 3.49. The first-order chi connectivity index (χ1) is 14.2. The number of nitrogens with zero attached hydrogens (tertiary/aromatic N) is 1. The standard InChI is InChI=1S/C24H24BrNO2S/c1-27-22-7-8-23(28-2)20-14-26-10-9-24-19(21(26)13-18(20)22)12-17(29-24)11-15-3-5-16(25)6-4-15/h3-8,12,21H,9-11,13-14H2,1-2H3. The van der Waals surface area contributed by atoms with E-state index in [9.17, 15) is 0 Å². The van der Waals surface area contributed by atoms with Gasteiger partial charge in [0, 0.05) is 50.9 Å². The first kappa shape index (κ1) is 19.2. The zero-order chi connectivity index (χ0) is 20.0. The average Bonchev–Trinajstić information content (AvgIpc) is 3.16. The van der Waals surface area contributed by atoms with E-state index in [0.717, 1.165) is 48.3 Å². The van der Waals surface area contributed by atoms with Gasteiger partial charge >= 0.3 is 0 Å². The topological polar surface area (TPSA) is 21.7 Å². The fraction of sp³-hybridized carbons (Fsp3) is 0.333. The quantitative estimate of drug-likeness (QED) is 0.483. The van der Waals surface area contributed by atoms with E-state index in [0.29, 0.717) is 6.04 Å². The van der Waals surface area contributed by atoms with Gasteiger partial charge in [0.05, 0.1) is 14.2 Å². The van der Waals surface area contributed by atoms with Gasteiger partial charge in [-0.1, -0.05) is 28.1 Å². The summed E-state index contributed by atoms with van der Waals surface area (Å²) in [5.41, 5.74) is 5.48. The molecule has 5 rings (SSSR count). The number of fused-ring (bicyclic) bond motifs is 4. The van der Waals surface area contributed by atoms with Gasteiger partial charge < -0.3 is 9.47 Å². The lowest BCUT2D eigenvalue weighted by molar-refractivity contribution is 0.158. The molecule has 3 heterocycles. The van der Waals surface area contributed by atoms with Crippen molar-refractivity contribution in [2.45, 2.75) is 31.8 Å². The predicted octanol–water partition coefficient (Wildman–Crippen LogP) is 5.77. The van der Waals surface area contributed by atoms with E-state index in [1.807, 2.05) is 23.5 Å². The Morgan fingerprint density at radius 2 is 1.76 bits per heavy atom. The van der Waals surface area contributed by atoms with Gasteiger partial charge in [0.1, 0.15) is 11.5 Å². The van der Waals surface area contributed by atoms with Gasteiger partial charge in [-0.2, -0.15) is 0 Å². The summed E-state index contributed by atoms with van der Waals surface area (Å²) in [5, 5.41) is 0. The van der Waals surface area contributed by atoms with Gasteiger partial charge in [-0.25, -0.2) is 0 Å². The maximum absolute atomic E-state index is 5.70. The van der Waals surface area contributed by atoms with Crippen molar-refractivity contribution in [3.63, 3.8) is 0 Å². The van der Waals surface area contributed by atoms with E-state index in [1.165, 1.54) is 27.1 Å². The van der Waals surface area contributed by atoms with Crippen LogP contribution >= 0.6 is 27.3 Å². The van der Waals surface area contributed by atoms with Crippen LogP contribution in [0.1, 0.15) is 38.0 Å². The summed E-state index contributed by atoms with van der Waals surface area (Å²) < 4.78 is 12.5. The maximum Gasteiger partial charge on any atom is 0.123 e. The highest BCUT2D eigenvalue weighted by Crippen LogP contribution is 2.45. The minimum absolute atomic E-state index is 0.433. The highest BCUT2D eigenvalue weighted by atomic mass is 79.9. The predicted molar refractivity (Wildman–Crippen MR) is 121 cm³/mol. The minimum Gasteiger partial charge on any atom is -0.496 e. The number of hydrogen-bond donors (Lipinski definition) is 0. The summed E-state index contributed by atoms with van der Waals surface area (Å²) >= 11 is 5.52. The van der Waals surface area contributed by atoms with Crippen molar-refractivity contribution < 1.29 is 9.47 Å². The van der Waals surface area contributed by atoms with Crippen LogP contribution in [0.4, 0.5) is 0 Å². The number of benzene rings is 2. The van der Waals surface area contributed by atoms with Crippen LogP contribution in [-0.2, 0) is 25.8 Å². The summed E-state index contributed by atoms with van der Waals surface area (Å²) in [6, 6.07) is 15.6. The molecule has 2 aliphatic rings. The first-order valence-corrected chi connectivity index (χ1v) is 11.6. The average molecular weight is 470 g/mol. The lowest BCUT2D eigenvalue weighted by atomic mass is 9.86. The Bertz CT molecular complexity index is 1040. The maximum atomic E-state index is 5.70.